The second-order valence-electron chi connectivity index (χ2n) is 6.16. The minimum Gasteiger partial charge on any atom is -0.378 e. The number of morpholine rings is 1. The molecule has 1 unspecified atom stereocenters. The molecule has 1 amide bonds. The minimum atomic E-state index is 0.248. The Bertz CT molecular complexity index is 297. The van der Waals surface area contributed by atoms with E-state index >= 15 is 0 Å². The fraction of sp³-hybridized carbons (Fsp3) is 0.933. The van der Waals surface area contributed by atoms with Gasteiger partial charge >= 0.3 is 0 Å². The van der Waals surface area contributed by atoms with Crippen molar-refractivity contribution in [1.82, 2.24) is 15.1 Å². The third-order valence-corrected chi connectivity index (χ3v) is 4.30. The number of piperidine rings is 1. The fourth-order valence-corrected chi connectivity index (χ4v) is 2.91. The number of hydrogen-bond donors (Lipinski definition) is 1. The van der Waals surface area contributed by atoms with Crippen LogP contribution in [0, 0.1) is 0 Å². The molecule has 20 heavy (non-hydrogen) atoms. The third kappa shape index (κ3) is 4.72. The number of amides is 1. The highest BCUT2D eigenvalue weighted by Gasteiger charge is 2.23. The first-order valence-electron chi connectivity index (χ1n) is 8.00. The summed E-state index contributed by atoms with van der Waals surface area (Å²) in [6.07, 6.45) is 3.82. The summed E-state index contributed by atoms with van der Waals surface area (Å²) in [5.41, 5.74) is 0. The van der Waals surface area contributed by atoms with Gasteiger partial charge in [0.1, 0.15) is 0 Å². The molecule has 0 aromatic heterocycles. The van der Waals surface area contributed by atoms with Crippen LogP contribution < -0.4 is 5.32 Å². The number of hydrogen-bond acceptors (Lipinski definition) is 4. The van der Waals surface area contributed by atoms with Crippen LogP contribution in [-0.4, -0.2) is 73.7 Å². The second kappa shape index (κ2) is 7.96. The zero-order valence-corrected chi connectivity index (χ0v) is 12.9. The fourth-order valence-electron chi connectivity index (χ4n) is 2.91. The maximum Gasteiger partial charge on any atom is 0.236 e. The average molecular weight is 283 g/mol. The van der Waals surface area contributed by atoms with Gasteiger partial charge in [0.25, 0.3) is 0 Å². The smallest absolute Gasteiger partial charge is 0.236 e. The average Bonchev–Trinajstić information content (AvgIpc) is 2.48. The van der Waals surface area contributed by atoms with Crippen molar-refractivity contribution < 1.29 is 9.53 Å². The summed E-state index contributed by atoms with van der Waals surface area (Å²) in [5.74, 6) is 0.248. The van der Waals surface area contributed by atoms with E-state index in [2.05, 4.69) is 24.1 Å². The second-order valence-corrected chi connectivity index (χ2v) is 6.16. The molecule has 0 aromatic carbocycles. The van der Waals surface area contributed by atoms with Gasteiger partial charge in [0.15, 0.2) is 0 Å². The van der Waals surface area contributed by atoms with Crippen molar-refractivity contribution in [3.05, 3.63) is 0 Å². The molecule has 5 nitrogen and oxygen atoms in total. The molecule has 2 saturated heterocycles. The molecule has 0 aliphatic carbocycles. The Labute approximate surface area is 122 Å². The monoisotopic (exact) mass is 283 g/mol. The minimum absolute atomic E-state index is 0.248. The topological polar surface area (TPSA) is 44.8 Å². The van der Waals surface area contributed by atoms with Crippen molar-refractivity contribution in [3.63, 3.8) is 0 Å². The number of carbonyl (C=O) groups is 1. The van der Waals surface area contributed by atoms with Crippen LogP contribution in [0.5, 0.6) is 0 Å². The van der Waals surface area contributed by atoms with Crippen molar-refractivity contribution >= 4 is 5.91 Å². The van der Waals surface area contributed by atoms with Crippen LogP contribution in [-0.2, 0) is 9.53 Å². The van der Waals surface area contributed by atoms with Gasteiger partial charge in [-0.1, -0.05) is 6.42 Å². The molecule has 0 spiro atoms. The van der Waals surface area contributed by atoms with E-state index in [4.69, 9.17) is 4.74 Å². The molecule has 5 heteroatoms. The molecule has 0 radical (unpaired) electrons. The Morgan fingerprint density at radius 2 is 2.10 bits per heavy atom. The molecule has 2 heterocycles. The molecule has 2 aliphatic rings. The summed E-state index contributed by atoms with van der Waals surface area (Å²) in [6, 6.07) is 0.951. The lowest BCUT2D eigenvalue weighted by molar-refractivity contribution is -0.137. The molecule has 2 rings (SSSR count). The van der Waals surface area contributed by atoms with Crippen LogP contribution >= 0.6 is 0 Å². The van der Waals surface area contributed by atoms with Crippen molar-refractivity contribution in [2.75, 3.05) is 45.9 Å². The summed E-state index contributed by atoms with van der Waals surface area (Å²) in [4.78, 5) is 16.6. The van der Waals surface area contributed by atoms with E-state index in [0.29, 0.717) is 31.8 Å². The van der Waals surface area contributed by atoms with E-state index < -0.39 is 0 Å². The first-order valence-corrected chi connectivity index (χ1v) is 8.00. The Morgan fingerprint density at radius 1 is 1.35 bits per heavy atom. The lowest BCUT2D eigenvalue weighted by Crippen LogP contribution is -2.51. The molecule has 116 valence electrons. The zero-order chi connectivity index (χ0) is 14.4. The summed E-state index contributed by atoms with van der Waals surface area (Å²) in [7, 11) is 0. The highest BCUT2D eigenvalue weighted by Crippen LogP contribution is 2.11. The van der Waals surface area contributed by atoms with Gasteiger partial charge in [-0.3, -0.25) is 9.69 Å². The van der Waals surface area contributed by atoms with E-state index in [-0.39, 0.29) is 5.91 Å². The van der Waals surface area contributed by atoms with Gasteiger partial charge in [0.2, 0.25) is 5.91 Å². The highest BCUT2D eigenvalue weighted by molar-refractivity contribution is 5.78. The van der Waals surface area contributed by atoms with Gasteiger partial charge in [0, 0.05) is 31.7 Å². The molecule has 1 N–H and O–H groups in total. The van der Waals surface area contributed by atoms with E-state index in [1.165, 1.54) is 19.3 Å². The van der Waals surface area contributed by atoms with E-state index in [0.717, 1.165) is 26.2 Å². The van der Waals surface area contributed by atoms with Crippen LogP contribution in [0.25, 0.3) is 0 Å². The predicted molar refractivity (Wildman–Crippen MR) is 79.7 cm³/mol. The maximum atomic E-state index is 12.4. The van der Waals surface area contributed by atoms with Crippen LogP contribution in [0.3, 0.4) is 0 Å². The van der Waals surface area contributed by atoms with Gasteiger partial charge in [0.05, 0.1) is 19.8 Å². The Balaban J connectivity index is 1.82. The molecule has 1 atom stereocenters. The first-order chi connectivity index (χ1) is 9.66. The SMILES string of the molecule is CC(C)N(CC(=O)N1CCOCC1)CC1CCCCN1. The summed E-state index contributed by atoms with van der Waals surface area (Å²) in [6.45, 7) is 9.83. The number of carbonyl (C=O) groups excluding carboxylic acids is 1. The molecule has 2 aliphatic heterocycles. The molecular weight excluding hydrogens is 254 g/mol. The van der Waals surface area contributed by atoms with Crippen LogP contribution in [0.1, 0.15) is 33.1 Å². The Kier molecular flexibility index (Phi) is 6.26. The summed E-state index contributed by atoms with van der Waals surface area (Å²) < 4.78 is 5.31. The van der Waals surface area contributed by atoms with Crippen LogP contribution in [0.2, 0.25) is 0 Å². The van der Waals surface area contributed by atoms with Gasteiger partial charge in [-0.25, -0.2) is 0 Å². The van der Waals surface area contributed by atoms with Crippen molar-refractivity contribution in [3.8, 4) is 0 Å². The molecule has 2 fully saturated rings. The van der Waals surface area contributed by atoms with Gasteiger partial charge in [-0.15, -0.1) is 0 Å². The van der Waals surface area contributed by atoms with E-state index in [1.54, 1.807) is 0 Å². The lowest BCUT2D eigenvalue weighted by atomic mass is 10.0. The molecular formula is C15H29N3O2. The molecule has 0 saturated carbocycles. The Hall–Kier alpha value is -0.650. The normalized spacial score (nSPS) is 24.4. The van der Waals surface area contributed by atoms with Crippen LogP contribution in [0.15, 0.2) is 0 Å². The first kappa shape index (κ1) is 15.7. The highest BCUT2D eigenvalue weighted by atomic mass is 16.5. The summed E-state index contributed by atoms with van der Waals surface area (Å²) in [5, 5.41) is 3.57. The van der Waals surface area contributed by atoms with Crippen molar-refractivity contribution in [2.45, 2.75) is 45.2 Å². The van der Waals surface area contributed by atoms with Gasteiger partial charge in [-0.05, 0) is 33.2 Å². The van der Waals surface area contributed by atoms with Gasteiger partial charge < -0.3 is 15.0 Å². The third-order valence-electron chi connectivity index (χ3n) is 4.30. The number of rotatable bonds is 5. The van der Waals surface area contributed by atoms with Crippen LogP contribution in [0.4, 0.5) is 0 Å². The lowest BCUT2D eigenvalue weighted by Gasteiger charge is -2.35. The van der Waals surface area contributed by atoms with E-state index in [9.17, 15) is 4.79 Å². The van der Waals surface area contributed by atoms with E-state index in [1.807, 2.05) is 4.90 Å². The Morgan fingerprint density at radius 3 is 2.70 bits per heavy atom. The quantitative estimate of drug-likeness (QED) is 0.807. The largest absolute Gasteiger partial charge is 0.378 e. The predicted octanol–water partition coefficient (Wildman–Crippen LogP) is 0.698. The van der Waals surface area contributed by atoms with Crippen molar-refractivity contribution in [1.29, 1.82) is 0 Å². The standard InChI is InChI=1S/C15H29N3O2/c1-13(2)18(11-14-5-3-4-6-16-14)12-15(19)17-7-9-20-10-8-17/h13-14,16H,3-12H2,1-2H3. The molecule has 0 bridgehead atoms. The van der Waals surface area contributed by atoms with Gasteiger partial charge in [-0.2, -0.15) is 0 Å². The van der Waals surface area contributed by atoms with Crippen molar-refractivity contribution in [2.24, 2.45) is 0 Å². The molecule has 0 aromatic rings. The number of nitrogens with zero attached hydrogens (tertiary/aromatic N) is 2. The number of ether oxygens (including phenoxy) is 1. The summed E-state index contributed by atoms with van der Waals surface area (Å²) >= 11 is 0. The zero-order valence-electron chi connectivity index (χ0n) is 12.9. The number of nitrogens with one attached hydrogen (secondary N) is 1. The maximum absolute atomic E-state index is 12.4.